The summed E-state index contributed by atoms with van der Waals surface area (Å²) in [6, 6.07) is 0.126. The van der Waals surface area contributed by atoms with Crippen molar-refractivity contribution in [3.63, 3.8) is 0 Å². The predicted octanol–water partition coefficient (Wildman–Crippen LogP) is 2.01. The van der Waals surface area contributed by atoms with Gasteiger partial charge in [0.1, 0.15) is 5.92 Å². The van der Waals surface area contributed by atoms with E-state index in [0.717, 1.165) is 38.5 Å². The van der Waals surface area contributed by atoms with Gasteiger partial charge >= 0.3 is 36.6 Å². The zero-order valence-corrected chi connectivity index (χ0v) is 45.8. The molecule has 0 aliphatic heterocycles. The SMILES string of the molecule is CCC(=O)N(CNC(=O)OC)CNC(=O)OC.CCC(C(=O)NC)C(=O)NC.CCC(CCCCNC(=O)OC)NC(=O)OC.CCC(CNC(=O)OC)CNC(=O)OC.CCC(CNC(C)=O)CNC(C)=O. The summed E-state index contributed by atoms with van der Waals surface area (Å²) in [5, 5.41) is 25.5. The second-order valence-corrected chi connectivity index (χ2v) is 15.0. The Morgan fingerprint density at radius 3 is 1.10 bits per heavy atom. The first-order valence-electron chi connectivity index (χ1n) is 23.7. The molecule has 0 aromatic carbocycles. The highest BCUT2D eigenvalue weighted by atomic mass is 16.6. The molecule has 0 fully saturated rings. The van der Waals surface area contributed by atoms with E-state index in [1.807, 2.05) is 20.8 Å². The second-order valence-electron chi connectivity index (χ2n) is 15.0. The molecule has 0 heterocycles. The summed E-state index contributed by atoms with van der Waals surface area (Å²) in [7, 11) is 10.8. The van der Waals surface area contributed by atoms with Gasteiger partial charge in [-0.2, -0.15) is 0 Å². The summed E-state index contributed by atoms with van der Waals surface area (Å²) in [4.78, 5) is 121. The first-order valence-corrected chi connectivity index (χ1v) is 23.7. The summed E-state index contributed by atoms with van der Waals surface area (Å²) in [6.07, 6.45) is 3.02. The van der Waals surface area contributed by atoms with E-state index in [2.05, 4.69) is 81.6 Å². The highest BCUT2D eigenvalue weighted by Gasteiger charge is 2.22. The van der Waals surface area contributed by atoms with Crippen molar-refractivity contribution in [1.29, 1.82) is 0 Å². The molecule has 11 amide bonds. The van der Waals surface area contributed by atoms with Crippen molar-refractivity contribution in [3.05, 3.63) is 0 Å². The third-order valence-electron chi connectivity index (χ3n) is 9.70. The van der Waals surface area contributed by atoms with E-state index >= 15 is 0 Å². The van der Waals surface area contributed by atoms with Gasteiger partial charge in [0.25, 0.3) is 0 Å². The molecule has 73 heavy (non-hydrogen) atoms. The maximum Gasteiger partial charge on any atom is 0.408 e. The number of carbonyl (C=O) groups excluding carboxylic acids is 11. The highest BCUT2D eigenvalue weighted by molar-refractivity contribution is 6.00. The molecule has 0 spiro atoms. The number of ether oxygens (including phenoxy) is 6. The lowest BCUT2D eigenvalue weighted by atomic mass is 10.1. The van der Waals surface area contributed by atoms with Crippen LogP contribution in [0.5, 0.6) is 0 Å². The Bertz CT molecular complexity index is 1500. The van der Waals surface area contributed by atoms with Crippen LogP contribution in [0.15, 0.2) is 0 Å². The summed E-state index contributed by atoms with van der Waals surface area (Å²) in [5.74, 6) is -0.792. The van der Waals surface area contributed by atoms with Crippen LogP contribution in [0.2, 0.25) is 0 Å². The molecule has 0 saturated carbocycles. The number of methoxy groups -OCH3 is 6. The largest absolute Gasteiger partial charge is 0.453 e. The van der Waals surface area contributed by atoms with Gasteiger partial charge in [-0.25, -0.2) is 28.8 Å². The third kappa shape index (κ3) is 48.4. The van der Waals surface area contributed by atoms with Crippen LogP contribution in [0, 0.1) is 17.8 Å². The van der Waals surface area contributed by atoms with Gasteiger partial charge < -0.3 is 86.5 Å². The Morgan fingerprint density at radius 1 is 0.438 bits per heavy atom. The van der Waals surface area contributed by atoms with Crippen molar-refractivity contribution >= 4 is 66.1 Å². The fourth-order valence-electron chi connectivity index (χ4n) is 5.04. The summed E-state index contributed by atoms with van der Waals surface area (Å²) < 4.78 is 26.6. The van der Waals surface area contributed by atoms with Crippen LogP contribution >= 0.6 is 0 Å². The van der Waals surface area contributed by atoms with Gasteiger partial charge in [0.2, 0.25) is 29.5 Å². The average Bonchev–Trinajstić information content (AvgIpc) is 3.39. The van der Waals surface area contributed by atoms with Gasteiger partial charge in [0.05, 0.1) is 56.0 Å². The molecule has 0 saturated heterocycles. The van der Waals surface area contributed by atoms with Crippen LogP contribution in [0.25, 0.3) is 0 Å². The summed E-state index contributed by atoms with van der Waals surface area (Å²) in [5.41, 5.74) is 0. The number of nitrogens with one attached hydrogen (secondary N) is 10. The minimum absolute atomic E-state index is 0.0266. The molecule has 0 aliphatic carbocycles. The van der Waals surface area contributed by atoms with Crippen molar-refractivity contribution in [2.75, 3.05) is 103 Å². The first kappa shape index (κ1) is 74.9. The van der Waals surface area contributed by atoms with Crippen LogP contribution in [-0.2, 0) is 52.4 Å². The maximum absolute atomic E-state index is 11.5. The summed E-state index contributed by atoms with van der Waals surface area (Å²) >= 11 is 0. The van der Waals surface area contributed by atoms with Crippen LogP contribution in [0.4, 0.5) is 28.8 Å². The molecule has 0 radical (unpaired) electrons. The van der Waals surface area contributed by atoms with Crippen LogP contribution in [-0.4, -0.2) is 180 Å². The van der Waals surface area contributed by atoms with Crippen LogP contribution < -0.4 is 53.2 Å². The van der Waals surface area contributed by atoms with E-state index in [1.165, 1.54) is 75.5 Å². The Balaban J connectivity index is -0.000000266. The molecule has 0 bridgehead atoms. The van der Waals surface area contributed by atoms with Crippen molar-refractivity contribution in [1.82, 2.24) is 58.1 Å². The first-order chi connectivity index (χ1) is 34.5. The Kier molecular flexibility index (Phi) is 52.7. The van der Waals surface area contributed by atoms with E-state index in [-0.39, 0.29) is 61.3 Å². The maximum atomic E-state index is 11.5. The standard InChI is InChI=1S/C11H22N2O4.C9H17N3O5.C9H18N2O4.C9H18N2O2.C7H14N2O2/c1-4-9(13-11(15)17-3)7-5-6-8-12-10(14)16-2;1-4-7(13)12(5-10-8(14)16-2)6-11-9(15)17-3;1-4-7(5-10-8(12)14-2)6-11-9(13)15-3;1-4-9(5-10-7(2)12)6-11-8(3)13;1-4-5(6(10)8-2)7(11)9-3/h9H,4-8H2,1-3H3,(H,12,14)(H,13,15);4-6H2,1-3H3,(H,10,14)(H,11,15);7H,4-6H2,1-3H3,(H,10,12)(H,11,13);9H,4-6H2,1-3H3,(H,10,12)(H,11,13);5H,4H2,1-3H3,(H,8,10)(H,9,11). The Morgan fingerprint density at radius 2 is 0.795 bits per heavy atom. The van der Waals surface area contributed by atoms with Gasteiger partial charge in [-0.15, -0.1) is 0 Å². The molecule has 426 valence electrons. The molecule has 10 N–H and O–H groups in total. The van der Waals surface area contributed by atoms with Gasteiger partial charge in [-0.05, 0) is 56.8 Å². The molecule has 0 aliphatic rings. The molecule has 1 atom stereocenters. The quantitative estimate of drug-likeness (QED) is 0.0271. The van der Waals surface area contributed by atoms with Crippen molar-refractivity contribution in [3.8, 4) is 0 Å². The number of alkyl carbamates (subject to hydrolysis) is 6. The fraction of sp³-hybridized carbons (Fsp3) is 0.756. The zero-order valence-electron chi connectivity index (χ0n) is 45.8. The van der Waals surface area contributed by atoms with Gasteiger partial charge in [-0.1, -0.05) is 34.6 Å². The molecule has 28 nitrogen and oxygen atoms in total. The lowest BCUT2D eigenvalue weighted by Gasteiger charge is -2.22. The molecular formula is C45H89N11O17. The smallest absolute Gasteiger partial charge is 0.408 e. The number of hydrogen-bond acceptors (Lipinski definition) is 17. The van der Waals surface area contributed by atoms with E-state index in [0.29, 0.717) is 45.1 Å². The van der Waals surface area contributed by atoms with E-state index in [9.17, 15) is 52.7 Å². The van der Waals surface area contributed by atoms with E-state index < -0.39 is 42.5 Å². The molecule has 0 aromatic heterocycles. The summed E-state index contributed by atoms with van der Waals surface area (Å²) in [6.45, 7) is 15.1. The van der Waals surface area contributed by atoms with E-state index in [4.69, 9.17) is 0 Å². The highest BCUT2D eigenvalue weighted by Crippen LogP contribution is 2.05. The fourth-order valence-corrected chi connectivity index (χ4v) is 5.04. The van der Waals surface area contributed by atoms with Crippen LogP contribution in [0.1, 0.15) is 99.8 Å². The van der Waals surface area contributed by atoms with E-state index in [1.54, 1.807) is 13.8 Å². The molecular weight excluding hydrogens is 967 g/mol. The van der Waals surface area contributed by atoms with Crippen molar-refractivity contribution in [2.45, 2.75) is 106 Å². The number of carbonyl (C=O) groups is 11. The number of amides is 11. The minimum atomic E-state index is -0.656. The third-order valence-corrected chi connectivity index (χ3v) is 9.70. The number of rotatable bonds is 25. The van der Waals surface area contributed by atoms with Crippen molar-refractivity contribution < 1.29 is 81.2 Å². The average molecular weight is 1060 g/mol. The Hall–Kier alpha value is -7.03. The molecule has 0 aromatic rings. The lowest BCUT2D eigenvalue weighted by molar-refractivity contribution is -0.135. The number of hydrogen-bond donors (Lipinski definition) is 10. The number of nitrogens with zero attached hydrogens (tertiary/aromatic N) is 1. The molecule has 28 heteroatoms. The predicted molar refractivity (Wildman–Crippen MR) is 269 cm³/mol. The topological polar surface area (TPSA) is 367 Å². The number of unbranched alkanes of at least 4 members (excludes halogenated alkanes) is 1. The van der Waals surface area contributed by atoms with Gasteiger partial charge in [0, 0.05) is 73.1 Å². The van der Waals surface area contributed by atoms with Gasteiger partial charge in [0.15, 0.2) is 0 Å². The normalized spacial score (nSPS) is 9.95. The Labute approximate surface area is 431 Å². The molecule has 0 rings (SSSR count). The molecule has 1 unspecified atom stereocenters. The zero-order chi connectivity index (χ0) is 57.2. The second kappa shape index (κ2) is 51.3. The van der Waals surface area contributed by atoms with Crippen LogP contribution in [0.3, 0.4) is 0 Å². The monoisotopic (exact) mass is 1060 g/mol. The lowest BCUT2D eigenvalue weighted by Crippen LogP contribution is -2.46. The minimum Gasteiger partial charge on any atom is -0.453 e. The van der Waals surface area contributed by atoms with Crippen molar-refractivity contribution in [2.24, 2.45) is 17.8 Å². The van der Waals surface area contributed by atoms with Gasteiger partial charge in [-0.3, -0.25) is 24.0 Å².